The Bertz CT molecular complexity index is 463. The summed E-state index contributed by atoms with van der Waals surface area (Å²) in [6.45, 7) is 6.22. The maximum Gasteiger partial charge on any atom is 0.272 e. The second-order valence-electron chi connectivity index (χ2n) is 5.50. The minimum Gasteiger partial charge on any atom is -0.396 e. The first kappa shape index (κ1) is 17.9. The minimum atomic E-state index is -0.232. The van der Waals surface area contributed by atoms with Gasteiger partial charge in [-0.15, -0.1) is 12.4 Å². The number of aliphatic hydroxyl groups is 1. The van der Waals surface area contributed by atoms with Crippen molar-refractivity contribution in [2.45, 2.75) is 39.7 Å². The van der Waals surface area contributed by atoms with Crippen LogP contribution in [0.25, 0.3) is 0 Å². The first-order valence-corrected chi connectivity index (χ1v) is 7.31. The minimum absolute atomic E-state index is 0. The lowest BCUT2D eigenvalue weighted by molar-refractivity contribution is 0.0846. The third kappa shape index (κ3) is 3.75. The molecule has 1 amide bonds. The number of hydrogen-bond donors (Lipinski definition) is 4. The number of aromatic amines is 1. The average molecular weight is 317 g/mol. The molecule has 1 aromatic heterocycles. The van der Waals surface area contributed by atoms with E-state index in [4.69, 9.17) is 0 Å². The summed E-state index contributed by atoms with van der Waals surface area (Å²) < 4.78 is 0. The van der Waals surface area contributed by atoms with E-state index in [2.05, 4.69) is 20.8 Å². The largest absolute Gasteiger partial charge is 0.396 e. The second-order valence-corrected chi connectivity index (χ2v) is 5.50. The SMILES string of the molecule is CCC(CC)(CO)CNC(=O)c1n[nH]c2c1CNCC2.Cl. The van der Waals surface area contributed by atoms with Crippen molar-refractivity contribution >= 4 is 18.3 Å². The lowest BCUT2D eigenvalue weighted by Crippen LogP contribution is -2.40. The molecule has 2 heterocycles. The van der Waals surface area contributed by atoms with Gasteiger partial charge in [0, 0.05) is 42.7 Å². The molecule has 1 aromatic rings. The van der Waals surface area contributed by atoms with Gasteiger partial charge in [-0.1, -0.05) is 13.8 Å². The number of nitrogens with one attached hydrogen (secondary N) is 3. The molecule has 0 saturated heterocycles. The molecule has 0 fully saturated rings. The Morgan fingerprint density at radius 2 is 2.14 bits per heavy atom. The summed E-state index contributed by atoms with van der Waals surface area (Å²) in [5.74, 6) is -0.161. The molecule has 0 spiro atoms. The van der Waals surface area contributed by atoms with Gasteiger partial charge in [0.1, 0.15) is 0 Å². The van der Waals surface area contributed by atoms with E-state index in [1.165, 1.54) is 0 Å². The number of aromatic nitrogens is 2. The Hall–Kier alpha value is -1.11. The van der Waals surface area contributed by atoms with Crippen LogP contribution in [0.1, 0.15) is 48.4 Å². The van der Waals surface area contributed by atoms with E-state index in [9.17, 15) is 9.90 Å². The van der Waals surface area contributed by atoms with Crippen LogP contribution < -0.4 is 10.6 Å². The Morgan fingerprint density at radius 3 is 2.76 bits per heavy atom. The van der Waals surface area contributed by atoms with Crippen molar-refractivity contribution in [1.29, 1.82) is 0 Å². The number of rotatable bonds is 6. The Balaban J connectivity index is 0.00000220. The van der Waals surface area contributed by atoms with Crippen molar-refractivity contribution in [3.8, 4) is 0 Å². The molecule has 6 nitrogen and oxygen atoms in total. The standard InChI is InChI=1S/C14H24N4O2.ClH/c1-3-14(4-2,9-19)8-16-13(20)12-10-7-15-6-5-11(10)17-18-12;/h15,19H,3-9H2,1-2H3,(H,16,20)(H,17,18);1H. The van der Waals surface area contributed by atoms with Crippen LogP contribution in [0.5, 0.6) is 0 Å². The van der Waals surface area contributed by atoms with Gasteiger partial charge in [0.15, 0.2) is 5.69 Å². The van der Waals surface area contributed by atoms with E-state index in [1.807, 2.05) is 13.8 Å². The van der Waals surface area contributed by atoms with E-state index < -0.39 is 0 Å². The van der Waals surface area contributed by atoms with E-state index in [0.29, 0.717) is 18.8 Å². The molecule has 4 N–H and O–H groups in total. The normalized spacial score (nSPS) is 14.2. The summed E-state index contributed by atoms with van der Waals surface area (Å²) in [4.78, 5) is 12.3. The van der Waals surface area contributed by atoms with Crippen LogP contribution >= 0.6 is 12.4 Å². The van der Waals surface area contributed by atoms with Crippen molar-refractivity contribution in [1.82, 2.24) is 20.8 Å². The van der Waals surface area contributed by atoms with Crippen molar-refractivity contribution in [3.63, 3.8) is 0 Å². The van der Waals surface area contributed by atoms with Crippen LogP contribution in [0.15, 0.2) is 0 Å². The van der Waals surface area contributed by atoms with Crippen LogP contribution in [0.4, 0.5) is 0 Å². The third-order valence-electron chi connectivity index (χ3n) is 4.48. The zero-order valence-corrected chi connectivity index (χ0v) is 13.5. The van der Waals surface area contributed by atoms with E-state index in [1.54, 1.807) is 0 Å². The number of halogens is 1. The molecule has 1 aliphatic heterocycles. The number of hydrogen-bond acceptors (Lipinski definition) is 4. The number of aliphatic hydroxyl groups excluding tert-OH is 1. The highest BCUT2D eigenvalue weighted by Gasteiger charge is 2.27. The summed E-state index contributed by atoms with van der Waals surface area (Å²) in [5, 5.41) is 22.8. The highest BCUT2D eigenvalue weighted by Crippen LogP contribution is 2.24. The summed E-state index contributed by atoms with van der Waals surface area (Å²) in [6, 6.07) is 0. The Kier molecular flexibility index (Phi) is 6.64. The molecule has 21 heavy (non-hydrogen) atoms. The highest BCUT2D eigenvalue weighted by molar-refractivity contribution is 5.94. The molecule has 0 aromatic carbocycles. The van der Waals surface area contributed by atoms with Gasteiger partial charge < -0.3 is 15.7 Å². The van der Waals surface area contributed by atoms with Crippen LogP contribution in [0.2, 0.25) is 0 Å². The van der Waals surface area contributed by atoms with Gasteiger partial charge >= 0.3 is 0 Å². The van der Waals surface area contributed by atoms with Gasteiger partial charge in [-0.2, -0.15) is 5.10 Å². The first-order chi connectivity index (χ1) is 9.65. The fourth-order valence-electron chi connectivity index (χ4n) is 2.54. The lowest BCUT2D eigenvalue weighted by atomic mass is 9.83. The fourth-order valence-corrected chi connectivity index (χ4v) is 2.54. The topological polar surface area (TPSA) is 90.0 Å². The van der Waals surface area contributed by atoms with Gasteiger partial charge in [0.2, 0.25) is 0 Å². The van der Waals surface area contributed by atoms with E-state index >= 15 is 0 Å². The van der Waals surface area contributed by atoms with Crippen molar-refractivity contribution in [2.24, 2.45) is 5.41 Å². The Labute approximate surface area is 131 Å². The van der Waals surface area contributed by atoms with Crippen molar-refractivity contribution < 1.29 is 9.90 Å². The number of amides is 1. The fraction of sp³-hybridized carbons (Fsp3) is 0.714. The predicted molar refractivity (Wildman–Crippen MR) is 83.7 cm³/mol. The predicted octanol–water partition coefficient (Wildman–Crippen LogP) is 1.01. The monoisotopic (exact) mass is 316 g/mol. The van der Waals surface area contributed by atoms with Gasteiger partial charge in [0.25, 0.3) is 5.91 Å². The van der Waals surface area contributed by atoms with Crippen molar-refractivity contribution in [2.75, 3.05) is 19.7 Å². The van der Waals surface area contributed by atoms with Crippen LogP contribution in [-0.4, -0.2) is 40.9 Å². The Morgan fingerprint density at radius 1 is 1.43 bits per heavy atom. The van der Waals surface area contributed by atoms with E-state index in [0.717, 1.165) is 37.1 Å². The highest BCUT2D eigenvalue weighted by atomic mass is 35.5. The average Bonchev–Trinajstić information content (AvgIpc) is 2.93. The quantitative estimate of drug-likeness (QED) is 0.630. The molecular formula is C14H25ClN4O2. The summed E-state index contributed by atoms with van der Waals surface area (Å²) in [5.41, 5.74) is 2.26. The molecule has 120 valence electrons. The molecule has 1 aliphatic rings. The van der Waals surface area contributed by atoms with Gasteiger partial charge in [-0.05, 0) is 12.8 Å². The molecule has 0 unspecified atom stereocenters. The second kappa shape index (κ2) is 7.77. The summed E-state index contributed by atoms with van der Waals surface area (Å²) in [6.07, 6.45) is 2.54. The molecule has 0 aliphatic carbocycles. The van der Waals surface area contributed by atoms with E-state index in [-0.39, 0.29) is 30.3 Å². The zero-order chi connectivity index (χ0) is 14.6. The van der Waals surface area contributed by atoms with Crippen LogP contribution in [-0.2, 0) is 13.0 Å². The lowest BCUT2D eigenvalue weighted by Gasteiger charge is -2.29. The van der Waals surface area contributed by atoms with Crippen LogP contribution in [0.3, 0.4) is 0 Å². The van der Waals surface area contributed by atoms with Gasteiger partial charge in [-0.3, -0.25) is 9.89 Å². The van der Waals surface area contributed by atoms with Gasteiger partial charge in [-0.25, -0.2) is 0 Å². The molecule has 2 rings (SSSR count). The maximum absolute atomic E-state index is 12.3. The number of nitrogens with zero attached hydrogens (tertiary/aromatic N) is 1. The molecule has 0 radical (unpaired) electrons. The van der Waals surface area contributed by atoms with Crippen LogP contribution in [0, 0.1) is 5.41 Å². The molecule has 0 saturated carbocycles. The number of fused-ring (bicyclic) bond motifs is 1. The smallest absolute Gasteiger partial charge is 0.272 e. The number of carbonyl (C=O) groups excluding carboxylic acids is 1. The molecule has 0 atom stereocenters. The number of H-pyrrole nitrogens is 1. The third-order valence-corrected chi connectivity index (χ3v) is 4.48. The van der Waals surface area contributed by atoms with Gasteiger partial charge in [0.05, 0.1) is 6.61 Å². The number of carbonyl (C=O) groups is 1. The zero-order valence-electron chi connectivity index (χ0n) is 12.7. The summed E-state index contributed by atoms with van der Waals surface area (Å²) in [7, 11) is 0. The van der Waals surface area contributed by atoms with Crippen molar-refractivity contribution in [3.05, 3.63) is 17.0 Å². The maximum atomic E-state index is 12.3. The molecule has 0 bridgehead atoms. The first-order valence-electron chi connectivity index (χ1n) is 7.31. The summed E-state index contributed by atoms with van der Waals surface area (Å²) >= 11 is 0. The molecule has 7 heteroatoms. The molecular weight excluding hydrogens is 292 g/mol.